The van der Waals surface area contributed by atoms with Gasteiger partial charge in [0.1, 0.15) is 12.7 Å². The average Bonchev–Trinajstić information content (AvgIpc) is 3.13. The summed E-state index contributed by atoms with van der Waals surface area (Å²) in [6.07, 6.45) is -5.49. The van der Waals surface area contributed by atoms with Gasteiger partial charge in [-0.05, 0) is 48.5 Å². The lowest BCUT2D eigenvalue weighted by Crippen LogP contribution is -2.63. The number of hydrogen-bond donors (Lipinski definition) is 0. The monoisotopic (exact) mass is 636 g/mol. The van der Waals surface area contributed by atoms with E-state index >= 15 is 0 Å². The van der Waals surface area contributed by atoms with Crippen LogP contribution in [0, 0.1) is 0 Å². The second kappa shape index (κ2) is 16.1. The van der Waals surface area contributed by atoms with Crippen LogP contribution in [0.2, 0.25) is 0 Å². The van der Waals surface area contributed by atoms with E-state index < -0.39 is 61.2 Å². The van der Waals surface area contributed by atoms with E-state index in [2.05, 4.69) is 6.58 Å². The molecule has 0 bridgehead atoms. The van der Waals surface area contributed by atoms with E-state index in [1.54, 1.807) is 121 Å². The molecular weight excluding hydrogens is 604 g/mol. The Balaban J connectivity index is 1.53. The van der Waals surface area contributed by atoms with Crippen molar-refractivity contribution >= 4 is 23.9 Å². The Morgan fingerprint density at radius 2 is 0.936 bits per heavy atom. The molecule has 0 radical (unpaired) electrons. The summed E-state index contributed by atoms with van der Waals surface area (Å²) in [5.41, 5.74) is 0.876. The molecule has 0 spiro atoms. The molecule has 0 aromatic heterocycles. The molecule has 1 aliphatic heterocycles. The van der Waals surface area contributed by atoms with Crippen molar-refractivity contribution in [1.29, 1.82) is 0 Å². The van der Waals surface area contributed by atoms with Crippen LogP contribution >= 0.6 is 0 Å². The van der Waals surface area contributed by atoms with Crippen LogP contribution in [-0.4, -0.2) is 67.8 Å². The Morgan fingerprint density at radius 3 is 1.36 bits per heavy atom. The van der Waals surface area contributed by atoms with Gasteiger partial charge in [-0.2, -0.15) is 0 Å². The van der Waals surface area contributed by atoms with Crippen LogP contribution in [-0.2, 0) is 28.4 Å². The number of esters is 4. The van der Waals surface area contributed by atoms with Gasteiger partial charge in [-0.1, -0.05) is 78.9 Å². The predicted octanol–water partition coefficient (Wildman–Crippen LogP) is 5.45. The fourth-order valence-electron chi connectivity index (χ4n) is 4.82. The molecular formula is C37H32O10. The summed E-state index contributed by atoms with van der Waals surface area (Å²) < 4.78 is 35.5. The third kappa shape index (κ3) is 8.57. The minimum atomic E-state index is -1.48. The fraction of sp³-hybridized carbons (Fsp3) is 0.189. The molecule has 10 nitrogen and oxygen atoms in total. The molecule has 4 aromatic rings. The van der Waals surface area contributed by atoms with Crippen LogP contribution in [0.15, 0.2) is 134 Å². The molecule has 0 N–H and O–H groups in total. The normalized spacial score (nSPS) is 20.3. The van der Waals surface area contributed by atoms with Crippen LogP contribution in [0.3, 0.4) is 0 Å². The summed E-state index contributed by atoms with van der Waals surface area (Å²) in [6.45, 7) is 3.19. The molecule has 0 amide bonds. The van der Waals surface area contributed by atoms with Gasteiger partial charge in [0, 0.05) is 0 Å². The van der Waals surface area contributed by atoms with E-state index in [1.165, 1.54) is 6.08 Å². The lowest BCUT2D eigenvalue weighted by molar-refractivity contribution is -0.295. The molecule has 5 unspecified atom stereocenters. The van der Waals surface area contributed by atoms with Crippen LogP contribution in [0.1, 0.15) is 41.4 Å². The first kappa shape index (κ1) is 32.8. The summed E-state index contributed by atoms with van der Waals surface area (Å²) in [5.74, 6) is -3.00. The van der Waals surface area contributed by atoms with Gasteiger partial charge >= 0.3 is 23.9 Å². The SMILES string of the molecule is C=CCOC1OC(COC(=O)c2ccccc2)C(OC(=O)c2ccccc2)C(OC(=O)c2ccccc2)C1OC(=O)c1ccccc1. The molecule has 4 aromatic carbocycles. The molecule has 1 fully saturated rings. The summed E-state index contributed by atoms with van der Waals surface area (Å²) >= 11 is 0. The largest absolute Gasteiger partial charge is 0.459 e. The molecule has 0 saturated carbocycles. The Hall–Kier alpha value is -5.58. The summed E-state index contributed by atoms with van der Waals surface area (Å²) in [6, 6.07) is 32.7. The minimum Gasteiger partial charge on any atom is -0.459 e. The highest BCUT2D eigenvalue weighted by molar-refractivity contribution is 5.91. The Kier molecular flexibility index (Phi) is 11.3. The number of carbonyl (C=O) groups excluding carboxylic acids is 4. The summed E-state index contributed by atoms with van der Waals surface area (Å²) in [5, 5.41) is 0. The number of carbonyl (C=O) groups is 4. The van der Waals surface area contributed by atoms with Crippen molar-refractivity contribution < 1.29 is 47.6 Å². The molecule has 1 heterocycles. The van der Waals surface area contributed by atoms with Crippen LogP contribution in [0.25, 0.3) is 0 Å². The van der Waals surface area contributed by atoms with E-state index in [0.717, 1.165) is 0 Å². The van der Waals surface area contributed by atoms with Gasteiger partial charge in [0.05, 0.1) is 28.9 Å². The zero-order valence-electron chi connectivity index (χ0n) is 25.2. The first-order valence-corrected chi connectivity index (χ1v) is 14.8. The number of benzene rings is 4. The van der Waals surface area contributed by atoms with Gasteiger partial charge < -0.3 is 28.4 Å². The first-order chi connectivity index (χ1) is 22.9. The summed E-state index contributed by atoms with van der Waals surface area (Å²) in [4.78, 5) is 53.2. The average molecular weight is 637 g/mol. The van der Waals surface area contributed by atoms with Gasteiger partial charge in [-0.15, -0.1) is 6.58 Å². The zero-order chi connectivity index (χ0) is 33.0. The Morgan fingerprint density at radius 1 is 0.553 bits per heavy atom. The van der Waals surface area contributed by atoms with Crippen LogP contribution in [0.4, 0.5) is 0 Å². The second-order valence-electron chi connectivity index (χ2n) is 10.3. The number of rotatable bonds is 12. The van der Waals surface area contributed by atoms with Gasteiger partial charge in [-0.3, -0.25) is 0 Å². The maximum Gasteiger partial charge on any atom is 0.338 e. The van der Waals surface area contributed by atoms with Gasteiger partial charge in [0.2, 0.25) is 0 Å². The first-order valence-electron chi connectivity index (χ1n) is 14.8. The van der Waals surface area contributed by atoms with E-state index in [0.29, 0.717) is 0 Å². The number of ether oxygens (including phenoxy) is 6. The predicted molar refractivity (Wildman–Crippen MR) is 168 cm³/mol. The van der Waals surface area contributed by atoms with Crippen LogP contribution < -0.4 is 0 Å². The van der Waals surface area contributed by atoms with Crippen molar-refractivity contribution in [3.05, 3.63) is 156 Å². The van der Waals surface area contributed by atoms with Crippen molar-refractivity contribution in [3.63, 3.8) is 0 Å². The molecule has 5 atom stereocenters. The van der Waals surface area contributed by atoms with Crippen molar-refractivity contribution in [1.82, 2.24) is 0 Å². The molecule has 47 heavy (non-hydrogen) atoms. The molecule has 5 rings (SSSR count). The maximum absolute atomic E-state index is 13.5. The third-order valence-electron chi connectivity index (χ3n) is 7.12. The smallest absolute Gasteiger partial charge is 0.338 e. The quantitative estimate of drug-likeness (QED) is 0.113. The topological polar surface area (TPSA) is 124 Å². The minimum absolute atomic E-state index is 0.0472. The molecule has 1 saturated heterocycles. The number of hydrogen-bond acceptors (Lipinski definition) is 10. The van der Waals surface area contributed by atoms with Crippen LogP contribution in [0.5, 0.6) is 0 Å². The van der Waals surface area contributed by atoms with E-state index in [1.807, 2.05) is 0 Å². The van der Waals surface area contributed by atoms with E-state index in [9.17, 15) is 19.2 Å². The van der Waals surface area contributed by atoms with Crippen molar-refractivity contribution in [3.8, 4) is 0 Å². The van der Waals surface area contributed by atoms with Gasteiger partial charge in [0.25, 0.3) is 0 Å². The standard InChI is InChI=1S/C37H32O10/c1-2-23-42-37-32(47-36(41)28-21-13-6-14-22-28)31(46-35(40)27-19-11-5-12-20-27)30(45-34(39)26-17-9-4-10-18-26)29(44-37)24-43-33(38)25-15-7-3-8-16-25/h2-22,29-32,37H,1,23-24H2. The second-order valence-corrected chi connectivity index (χ2v) is 10.3. The zero-order valence-corrected chi connectivity index (χ0v) is 25.2. The van der Waals surface area contributed by atoms with Crippen molar-refractivity contribution in [2.24, 2.45) is 0 Å². The molecule has 1 aliphatic rings. The van der Waals surface area contributed by atoms with Crippen molar-refractivity contribution in [2.75, 3.05) is 13.2 Å². The lowest BCUT2D eigenvalue weighted by atomic mass is 9.97. The molecule has 10 heteroatoms. The van der Waals surface area contributed by atoms with Gasteiger partial charge in [-0.25, -0.2) is 19.2 Å². The Labute approximate surface area is 271 Å². The molecule has 0 aliphatic carbocycles. The highest BCUT2D eigenvalue weighted by atomic mass is 16.7. The highest BCUT2D eigenvalue weighted by Gasteiger charge is 2.53. The summed E-state index contributed by atoms with van der Waals surface area (Å²) in [7, 11) is 0. The van der Waals surface area contributed by atoms with Gasteiger partial charge in [0.15, 0.2) is 24.6 Å². The lowest BCUT2D eigenvalue weighted by Gasteiger charge is -2.44. The fourth-order valence-corrected chi connectivity index (χ4v) is 4.82. The van der Waals surface area contributed by atoms with Crippen molar-refractivity contribution in [2.45, 2.75) is 30.7 Å². The highest BCUT2D eigenvalue weighted by Crippen LogP contribution is 2.31. The maximum atomic E-state index is 13.5. The third-order valence-corrected chi connectivity index (χ3v) is 7.12. The van der Waals surface area contributed by atoms with E-state index in [-0.39, 0.29) is 28.9 Å². The van der Waals surface area contributed by atoms with E-state index in [4.69, 9.17) is 28.4 Å². The Bertz CT molecular complexity index is 1640. The molecule has 240 valence electrons.